The fourth-order valence-electron chi connectivity index (χ4n) is 1.49. The number of hydrogen-bond acceptors (Lipinski definition) is 2. The molecule has 1 aliphatic rings. The smallest absolute Gasteiger partial charge is 0.295 e. The van der Waals surface area contributed by atoms with Gasteiger partial charge in [0.25, 0.3) is 5.92 Å². The summed E-state index contributed by atoms with van der Waals surface area (Å²) in [5.41, 5.74) is -3.52. The number of hydrogen-bond donors (Lipinski definition) is 2. The number of rotatable bonds is 1. The Hall–Kier alpha value is -0.710. The Morgan fingerprint density at radius 1 is 1.50 bits per heavy atom. The van der Waals surface area contributed by atoms with Gasteiger partial charge in [-0.3, -0.25) is 4.79 Å². The van der Waals surface area contributed by atoms with Crippen LogP contribution in [-0.2, 0) is 4.79 Å². The predicted octanol–water partition coefficient (Wildman–Crippen LogP) is 1.27. The molecule has 0 spiro atoms. The normalized spacial score (nSPS) is 42.0. The maximum absolute atomic E-state index is 13.4. The van der Waals surface area contributed by atoms with Crippen molar-refractivity contribution in [1.82, 2.24) is 5.32 Å². The molecule has 0 radical (unpaired) electrons. The van der Waals surface area contributed by atoms with Gasteiger partial charge in [0.1, 0.15) is 0 Å². The van der Waals surface area contributed by atoms with Crippen molar-refractivity contribution in [2.45, 2.75) is 45.3 Å². The molecule has 1 fully saturated rings. The van der Waals surface area contributed by atoms with E-state index in [9.17, 15) is 18.7 Å². The van der Waals surface area contributed by atoms with Gasteiger partial charge in [0.2, 0.25) is 5.91 Å². The van der Waals surface area contributed by atoms with Gasteiger partial charge in [0.15, 0.2) is 5.72 Å². The fraction of sp³-hybridized carbons (Fsp3) is 0.889. The van der Waals surface area contributed by atoms with Crippen LogP contribution in [0, 0.1) is 5.41 Å². The van der Waals surface area contributed by atoms with Crippen LogP contribution in [0.3, 0.4) is 0 Å². The highest BCUT2D eigenvalue weighted by Gasteiger charge is 2.59. The molecule has 0 saturated carbocycles. The van der Waals surface area contributed by atoms with Gasteiger partial charge in [-0.25, -0.2) is 8.78 Å². The van der Waals surface area contributed by atoms with Crippen molar-refractivity contribution < 1.29 is 18.7 Å². The number of carbonyl (C=O) groups is 1. The van der Waals surface area contributed by atoms with Gasteiger partial charge >= 0.3 is 0 Å². The average Bonchev–Trinajstić information content (AvgIpc) is 2.00. The average molecular weight is 207 g/mol. The Balaban J connectivity index is 3.01. The third-order valence-corrected chi connectivity index (χ3v) is 3.01. The molecular weight excluding hydrogens is 192 g/mol. The first kappa shape index (κ1) is 11.4. The highest BCUT2D eigenvalue weighted by atomic mass is 19.3. The van der Waals surface area contributed by atoms with Crippen molar-refractivity contribution in [2.75, 3.05) is 0 Å². The fourth-order valence-corrected chi connectivity index (χ4v) is 1.49. The number of nitrogens with one attached hydrogen (secondary N) is 1. The third kappa shape index (κ3) is 1.49. The molecule has 0 aromatic rings. The quantitative estimate of drug-likeness (QED) is 0.680. The molecule has 0 bridgehead atoms. The van der Waals surface area contributed by atoms with Crippen LogP contribution in [-0.4, -0.2) is 22.7 Å². The SMILES string of the molecule is CCC1(C)CC(F)(F)C(C)(O)NC1=O. The largest absolute Gasteiger partial charge is 0.366 e. The highest BCUT2D eigenvalue weighted by Crippen LogP contribution is 2.44. The molecular formula is C9H15F2NO2. The summed E-state index contributed by atoms with van der Waals surface area (Å²) in [6.07, 6.45) is -0.292. The summed E-state index contributed by atoms with van der Waals surface area (Å²) in [7, 11) is 0. The van der Waals surface area contributed by atoms with Gasteiger partial charge in [-0.05, 0) is 13.3 Å². The number of carbonyl (C=O) groups excluding carboxylic acids is 1. The van der Waals surface area contributed by atoms with E-state index >= 15 is 0 Å². The minimum absolute atomic E-state index is 0.324. The zero-order valence-corrected chi connectivity index (χ0v) is 8.53. The Bertz CT molecular complexity index is 266. The van der Waals surface area contributed by atoms with Crippen molar-refractivity contribution in [2.24, 2.45) is 5.41 Å². The molecule has 1 rings (SSSR count). The van der Waals surface area contributed by atoms with E-state index in [1.54, 1.807) is 6.92 Å². The summed E-state index contributed by atoms with van der Waals surface area (Å²) < 4.78 is 26.7. The predicted molar refractivity (Wildman–Crippen MR) is 46.7 cm³/mol. The van der Waals surface area contributed by atoms with Crippen LogP contribution in [0.2, 0.25) is 0 Å². The van der Waals surface area contributed by atoms with E-state index in [-0.39, 0.29) is 0 Å². The van der Waals surface area contributed by atoms with E-state index in [2.05, 4.69) is 0 Å². The second-order valence-electron chi connectivity index (χ2n) is 4.32. The first-order valence-corrected chi connectivity index (χ1v) is 4.57. The molecule has 0 aromatic carbocycles. The van der Waals surface area contributed by atoms with Crippen molar-refractivity contribution >= 4 is 5.91 Å². The summed E-state index contributed by atoms with van der Waals surface area (Å²) in [5, 5.41) is 11.3. The molecule has 0 aliphatic carbocycles. The molecule has 1 saturated heterocycles. The Morgan fingerprint density at radius 3 is 2.43 bits per heavy atom. The lowest BCUT2D eigenvalue weighted by atomic mass is 9.75. The van der Waals surface area contributed by atoms with Gasteiger partial charge in [0.05, 0.1) is 5.41 Å². The van der Waals surface area contributed by atoms with Crippen molar-refractivity contribution in [3.63, 3.8) is 0 Å². The zero-order valence-electron chi connectivity index (χ0n) is 8.53. The number of halogens is 2. The lowest BCUT2D eigenvalue weighted by molar-refractivity contribution is -0.226. The minimum atomic E-state index is -3.29. The molecule has 14 heavy (non-hydrogen) atoms. The van der Waals surface area contributed by atoms with Crippen LogP contribution in [0.5, 0.6) is 0 Å². The number of amides is 1. The lowest BCUT2D eigenvalue weighted by Crippen LogP contribution is -2.67. The van der Waals surface area contributed by atoms with Crippen LogP contribution < -0.4 is 5.32 Å². The van der Waals surface area contributed by atoms with E-state index in [0.29, 0.717) is 6.42 Å². The zero-order chi connectivity index (χ0) is 11.2. The first-order chi connectivity index (χ1) is 6.15. The van der Waals surface area contributed by atoms with Gasteiger partial charge in [-0.1, -0.05) is 13.8 Å². The lowest BCUT2D eigenvalue weighted by Gasteiger charge is -2.45. The van der Waals surface area contributed by atoms with E-state index in [4.69, 9.17) is 0 Å². The van der Waals surface area contributed by atoms with Crippen molar-refractivity contribution in [1.29, 1.82) is 0 Å². The van der Waals surface area contributed by atoms with E-state index in [1.165, 1.54) is 6.92 Å². The van der Waals surface area contributed by atoms with Crippen molar-refractivity contribution in [3.8, 4) is 0 Å². The molecule has 2 atom stereocenters. The molecule has 1 aliphatic heterocycles. The second kappa shape index (κ2) is 2.89. The monoisotopic (exact) mass is 207 g/mol. The van der Waals surface area contributed by atoms with Crippen LogP contribution >= 0.6 is 0 Å². The maximum atomic E-state index is 13.4. The number of piperidine rings is 1. The molecule has 82 valence electrons. The minimum Gasteiger partial charge on any atom is -0.366 e. The maximum Gasteiger partial charge on any atom is 0.295 e. The topological polar surface area (TPSA) is 49.3 Å². The van der Waals surface area contributed by atoms with Gasteiger partial charge < -0.3 is 10.4 Å². The molecule has 3 nitrogen and oxygen atoms in total. The van der Waals surface area contributed by atoms with Gasteiger partial charge in [-0.15, -0.1) is 0 Å². The standard InChI is InChI=1S/C9H15F2NO2/c1-4-7(2)5-9(10,11)8(3,14)12-6(7)13/h14H,4-5H2,1-3H3,(H,12,13). The van der Waals surface area contributed by atoms with Crippen LogP contribution in [0.4, 0.5) is 8.78 Å². The molecule has 0 aromatic heterocycles. The Labute approximate surface area is 81.5 Å². The van der Waals surface area contributed by atoms with Crippen LogP contribution in [0.1, 0.15) is 33.6 Å². The second-order valence-corrected chi connectivity index (χ2v) is 4.32. The summed E-state index contributed by atoms with van der Waals surface area (Å²) in [6.45, 7) is 4.07. The van der Waals surface area contributed by atoms with Crippen molar-refractivity contribution in [3.05, 3.63) is 0 Å². The molecule has 2 unspecified atom stereocenters. The van der Waals surface area contributed by atoms with E-state index in [0.717, 1.165) is 6.92 Å². The van der Waals surface area contributed by atoms with E-state index < -0.39 is 29.4 Å². The molecule has 1 amide bonds. The number of aliphatic hydroxyl groups is 1. The Kier molecular flexibility index (Phi) is 2.34. The first-order valence-electron chi connectivity index (χ1n) is 4.57. The molecule has 5 heteroatoms. The van der Waals surface area contributed by atoms with Gasteiger partial charge in [-0.2, -0.15) is 0 Å². The summed E-state index contributed by atoms with van der Waals surface area (Å²) in [5.74, 6) is -3.80. The summed E-state index contributed by atoms with van der Waals surface area (Å²) in [4.78, 5) is 11.4. The Morgan fingerprint density at radius 2 is 2.00 bits per heavy atom. The third-order valence-electron chi connectivity index (χ3n) is 3.01. The molecule has 1 heterocycles. The van der Waals surface area contributed by atoms with Gasteiger partial charge in [0, 0.05) is 6.42 Å². The van der Waals surface area contributed by atoms with Crippen LogP contribution in [0.25, 0.3) is 0 Å². The summed E-state index contributed by atoms with van der Waals surface area (Å²) in [6, 6.07) is 0. The number of alkyl halides is 2. The molecule has 2 N–H and O–H groups in total. The van der Waals surface area contributed by atoms with E-state index in [1.807, 2.05) is 5.32 Å². The summed E-state index contributed by atoms with van der Waals surface area (Å²) >= 11 is 0. The van der Waals surface area contributed by atoms with Crippen LogP contribution in [0.15, 0.2) is 0 Å². The highest BCUT2D eigenvalue weighted by molar-refractivity contribution is 5.84.